The molecule has 0 bridgehead atoms. The topological polar surface area (TPSA) is 94.4 Å². The fraction of sp³-hybridized carbons (Fsp3) is 0.357. The van der Waals surface area contributed by atoms with Crippen LogP contribution in [0.2, 0.25) is 5.02 Å². The normalized spacial score (nSPS) is 18.4. The number of fused-ring (bicyclic) bond motifs is 1. The number of nitrogens with zero attached hydrogens (tertiary/aromatic N) is 5. The molecule has 1 fully saturated rings. The molecule has 0 saturated carbocycles. The van der Waals surface area contributed by atoms with Crippen molar-refractivity contribution in [3.8, 4) is 23.1 Å². The van der Waals surface area contributed by atoms with E-state index in [0.717, 1.165) is 48.9 Å². The molecule has 3 heterocycles. The van der Waals surface area contributed by atoms with Crippen LogP contribution in [0.3, 0.4) is 0 Å². The first-order chi connectivity index (χ1) is 18.3. The lowest BCUT2D eigenvalue weighted by Gasteiger charge is -2.30. The van der Waals surface area contributed by atoms with Crippen LogP contribution in [0, 0.1) is 11.3 Å². The van der Waals surface area contributed by atoms with Crippen LogP contribution in [0.1, 0.15) is 37.8 Å². The maximum absolute atomic E-state index is 11.2. The monoisotopic (exact) mass is 527 g/mol. The van der Waals surface area contributed by atoms with Crippen LogP contribution in [0.4, 0.5) is 17.3 Å². The quantitative estimate of drug-likeness (QED) is 0.346. The van der Waals surface area contributed by atoms with Crippen molar-refractivity contribution in [3.05, 3.63) is 58.7 Å². The molecule has 1 atom stereocenters. The van der Waals surface area contributed by atoms with Gasteiger partial charge in [-0.3, -0.25) is 0 Å². The lowest BCUT2D eigenvalue weighted by atomic mass is 9.84. The maximum atomic E-state index is 11.2. The third-order valence-electron chi connectivity index (χ3n) is 7.07. The van der Waals surface area contributed by atoms with E-state index in [1.54, 1.807) is 6.20 Å². The first kappa shape index (κ1) is 26.0. The number of hydrogen-bond acceptors (Lipinski definition) is 8. The fourth-order valence-electron chi connectivity index (χ4n) is 5.28. The second kappa shape index (κ2) is 10.6. The average molecular weight is 528 g/mol. The van der Waals surface area contributed by atoms with Crippen molar-refractivity contribution in [1.29, 1.82) is 5.26 Å². The third-order valence-corrected chi connectivity index (χ3v) is 7.30. The summed E-state index contributed by atoms with van der Waals surface area (Å²) in [6.07, 6.45) is 4.62. The summed E-state index contributed by atoms with van der Waals surface area (Å²) >= 11 is 6.32. The lowest BCUT2D eigenvalue weighted by molar-refractivity contribution is 0.105. The highest BCUT2D eigenvalue weighted by Crippen LogP contribution is 2.44. The molecule has 1 N–H and O–H groups in total. The number of nitrogens with one attached hydrogen (secondary N) is 1. The van der Waals surface area contributed by atoms with Crippen molar-refractivity contribution in [1.82, 2.24) is 14.9 Å². The van der Waals surface area contributed by atoms with Crippen LogP contribution in [0.5, 0.6) is 5.75 Å². The summed E-state index contributed by atoms with van der Waals surface area (Å²) in [6, 6.07) is 13.5. The molecule has 0 amide bonds. The largest absolute Gasteiger partial charge is 0.487 e. The van der Waals surface area contributed by atoms with Crippen molar-refractivity contribution in [2.24, 2.45) is 0 Å². The van der Waals surface area contributed by atoms with E-state index in [-0.39, 0.29) is 11.5 Å². The summed E-state index contributed by atoms with van der Waals surface area (Å²) in [5, 5.41) is 13.8. The van der Waals surface area contributed by atoms with Gasteiger partial charge in [-0.15, -0.1) is 0 Å². The van der Waals surface area contributed by atoms with Crippen LogP contribution in [0.25, 0.3) is 11.3 Å². The zero-order chi connectivity index (χ0) is 26.9. The maximum Gasteiger partial charge on any atom is 0.329 e. The van der Waals surface area contributed by atoms with Gasteiger partial charge in [0.05, 0.1) is 16.9 Å². The molecule has 1 aromatic heterocycles. The second-order valence-electron chi connectivity index (χ2n) is 10.5. The SMILES string of the molecule is CN1CCCC(Oc2ccc(Cl)cc2Nc2nccc(-c3cc(C#N)c4c(c3)C(C)(C)CN4[B]C=O)n2)C1. The number of halogens is 1. The third kappa shape index (κ3) is 5.33. The molecule has 5 rings (SSSR count). The van der Waals surface area contributed by atoms with Gasteiger partial charge in [-0.1, -0.05) is 25.4 Å². The molecule has 2 aliphatic heterocycles. The van der Waals surface area contributed by atoms with Gasteiger partial charge in [-0.05, 0) is 68.4 Å². The Balaban J connectivity index is 1.46. The summed E-state index contributed by atoms with van der Waals surface area (Å²) in [6.45, 7) is 6.77. The van der Waals surface area contributed by atoms with Gasteiger partial charge in [0, 0.05) is 41.0 Å². The molecule has 10 heteroatoms. The Morgan fingerprint density at radius 1 is 1.29 bits per heavy atom. The number of hydrogen-bond donors (Lipinski definition) is 1. The first-order valence-electron chi connectivity index (χ1n) is 12.7. The zero-order valence-corrected chi connectivity index (χ0v) is 22.5. The minimum absolute atomic E-state index is 0.0953. The average Bonchev–Trinajstić information content (AvgIpc) is 3.15. The molecule has 1 radical (unpaired) electrons. The van der Waals surface area contributed by atoms with E-state index in [2.05, 4.69) is 48.2 Å². The van der Waals surface area contributed by atoms with Gasteiger partial charge < -0.3 is 24.6 Å². The van der Waals surface area contributed by atoms with Gasteiger partial charge in [-0.25, -0.2) is 9.97 Å². The molecule has 2 aliphatic rings. The molecular weight excluding hydrogens is 499 g/mol. The van der Waals surface area contributed by atoms with Crippen LogP contribution in [-0.4, -0.2) is 61.3 Å². The Bertz CT molecular complexity index is 1410. The van der Waals surface area contributed by atoms with Gasteiger partial charge in [-0.2, -0.15) is 5.26 Å². The van der Waals surface area contributed by atoms with E-state index in [1.807, 2.05) is 35.1 Å². The summed E-state index contributed by atoms with van der Waals surface area (Å²) in [7, 11) is 3.59. The smallest absolute Gasteiger partial charge is 0.329 e. The molecule has 1 saturated heterocycles. The summed E-state index contributed by atoms with van der Waals surface area (Å²) in [4.78, 5) is 24.5. The van der Waals surface area contributed by atoms with Gasteiger partial charge in [0.1, 0.15) is 24.1 Å². The number of ether oxygens (including phenoxy) is 1. The Kier molecular flexibility index (Phi) is 7.28. The van der Waals surface area contributed by atoms with Gasteiger partial charge >= 0.3 is 7.41 Å². The number of likely N-dealkylation sites (N-methyl/N-ethyl adjacent to an activating group) is 1. The van der Waals surface area contributed by atoms with Crippen LogP contribution in [0.15, 0.2) is 42.6 Å². The first-order valence-corrected chi connectivity index (χ1v) is 13.0. The van der Waals surface area contributed by atoms with Crippen molar-refractivity contribution >= 4 is 42.5 Å². The zero-order valence-electron chi connectivity index (χ0n) is 21.7. The van der Waals surface area contributed by atoms with Crippen LogP contribution < -0.4 is 14.9 Å². The van der Waals surface area contributed by atoms with Crippen molar-refractivity contribution < 1.29 is 9.53 Å². The summed E-state index contributed by atoms with van der Waals surface area (Å²) in [5.41, 5.74) is 4.20. The van der Waals surface area contributed by atoms with E-state index in [0.29, 0.717) is 40.2 Å². The van der Waals surface area contributed by atoms with E-state index in [1.165, 1.54) is 7.41 Å². The van der Waals surface area contributed by atoms with E-state index < -0.39 is 0 Å². The number of piperidine rings is 1. The van der Waals surface area contributed by atoms with Crippen LogP contribution >= 0.6 is 11.6 Å². The summed E-state index contributed by atoms with van der Waals surface area (Å²) < 4.78 is 6.35. The van der Waals surface area contributed by atoms with E-state index in [4.69, 9.17) is 21.3 Å². The fourth-order valence-corrected chi connectivity index (χ4v) is 5.45. The van der Waals surface area contributed by atoms with E-state index in [9.17, 15) is 10.1 Å². The number of nitriles is 1. The number of likely N-dealkylation sites (tertiary alicyclic amines) is 1. The minimum Gasteiger partial charge on any atom is -0.487 e. The second-order valence-corrected chi connectivity index (χ2v) is 10.9. The highest BCUT2D eigenvalue weighted by atomic mass is 35.5. The number of anilines is 3. The van der Waals surface area contributed by atoms with Crippen molar-refractivity contribution in [3.63, 3.8) is 0 Å². The Hall–Kier alpha value is -3.61. The molecule has 193 valence electrons. The number of benzene rings is 2. The standard InChI is InChI=1S/C28H29BClN6O2/c1-28(2)16-36(29-17-37)26-19(14-31)11-18(12-22(26)28)23-8-9-32-27(33-23)34-24-13-20(30)6-7-25(24)38-21-5-4-10-35(3)15-21/h6-9,11-13,17,21H,4-5,10,15-16H2,1-3H3,(H,32,33,34). The summed E-state index contributed by atoms with van der Waals surface area (Å²) in [5.74, 6) is 1.09. The highest BCUT2D eigenvalue weighted by Gasteiger charge is 2.37. The van der Waals surface area contributed by atoms with Gasteiger partial charge in [0.15, 0.2) is 0 Å². The number of carbonyl (C=O) groups is 1. The number of carbonyl (C=O) groups excluding carboxylic acids is 1. The Labute approximate surface area is 228 Å². The predicted octanol–water partition coefficient (Wildman–Crippen LogP) is 4.79. The number of rotatable bonds is 7. The van der Waals surface area contributed by atoms with Crippen molar-refractivity contribution in [2.75, 3.05) is 36.8 Å². The molecular formula is C28H29BClN6O2. The van der Waals surface area contributed by atoms with E-state index >= 15 is 0 Å². The predicted molar refractivity (Wildman–Crippen MR) is 151 cm³/mol. The molecule has 0 aliphatic carbocycles. The number of aromatic nitrogens is 2. The molecule has 8 nitrogen and oxygen atoms in total. The Morgan fingerprint density at radius 3 is 2.89 bits per heavy atom. The molecule has 0 spiro atoms. The highest BCUT2D eigenvalue weighted by molar-refractivity contribution is 6.70. The molecule has 1 unspecified atom stereocenters. The molecule has 38 heavy (non-hydrogen) atoms. The molecule has 2 aromatic carbocycles. The molecule has 3 aromatic rings. The van der Waals surface area contributed by atoms with Crippen LogP contribution in [-0.2, 0) is 10.2 Å². The van der Waals surface area contributed by atoms with Gasteiger partial charge in [0.2, 0.25) is 5.95 Å². The Morgan fingerprint density at radius 2 is 2.13 bits per heavy atom. The van der Waals surface area contributed by atoms with Gasteiger partial charge in [0.25, 0.3) is 0 Å². The minimum atomic E-state index is -0.245. The lowest BCUT2D eigenvalue weighted by Crippen LogP contribution is -2.38. The van der Waals surface area contributed by atoms with Crippen molar-refractivity contribution in [2.45, 2.75) is 38.2 Å².